The van der Waals surface area contributed by atoms with Crippen molar-refractivity contribution >= 4 is 0 Å². The minimum absolute atomic E-state index is 0.451. The lowest BCUT2D eigenvalue weighted by molar-refractivity contribution is -0.0357. The van der Waals surface area contributed by atoms with Gasteiger partial charge in [0.15, 0.2) is 0 Å². The fourth-order valence-corrected chi connectivity index (χ4v) is 2.47. The molecule has 2 nitrogen and oxygen atoms in total. The molecule has 1 aromatic rings. The monoisotopic (exact) mass is 219 g/mol. The Balaban J connectivity index is 1.96. The first kappa shape index (κ1) is 11.6. The van der Waals surface area contributed by atoms with Gasteiger partial charge >= 0.3 is 0 Å². The Kier molecular flexibility index (Phi) is 3.62. The third kappa shape index (κ3) is 2.83. The van der Waals surface area contributed by atoms with Gasteiger partial charge in [-0.15, -0.1) is 0 Å². The van der Waals surface area contributed by atoms with Crippen LogP contribution in [0.4, 0.5) is 0 Å². The Morgan fingerprint density at radius 1 is 1.31 bits per heavy atom. The molecular formula is C14H21NO. The van der Waals surface area contributed by atoms with Crippen molar-refractivity contribution in [1.82, 2.24) is 4.90 Å². The van der Waals surface area contributed by atoms with Gasteiger partial charge in [-0.2, -0.15) is 0 Å². The van der Waals surface area contributed by atoms with E-state index in [2.05, 4.69) is 36.1 Å². The van der Waals surface area contributed by atoms with Crippen molar-refractivity contribution in [1.29, 1.82) is 0 Å². The molecular weight excluding hydrogens is 198 g/mol. The second kappa shape index (κ2) is 4.98. The van der Waals surface area contributed by atoms with Crippen molar-refractivity contribution in [3.05, 3.63) is 35.9 Å². The van der Waals surface area contributed by atoms with E-state index in [9.17, 15) is 5.11 Å². The number of benzene rings is 1. The van der Waals surface area contributed by atoms with Crippen LogP contribution < -0.4 is 0 Å². The molecule has 88 valence electrons. The molecule has 1 saturated heterocycles. The van der Waals surface area contributed by atoms with Crippen molar-refractivity contribution in [2.45, 2.75) is 38.3 Å². The summed E-state index contributed by atoms with van der Waals surface area (Å²) in [7, 11) is 0. The molecule has 0 radical (unpaired) electrons. The van der Waals surface area contributed by atoms with Crippen LogP contribution in [0.5, 0.6) is 0 Å². The molecule has 0 saturated carbocycles. The molecule has 1 aliphatic heterocycles. The Hall–Kier alpha value is -0.860. The number of rotatable bonds is 3. The van der Waals surface area contributed by atoms with E-state index in [0.717, 1.165) is 38.9 Å². The summed E-state index contributed by atoms with van der Waals surface area (Å²) in [6.45, 7) is 4.96. The molecule has 16 heavy (non-hydrogen) atoms. The average molecular weight is 219 g/mol. The van der Waals surface area contributed by atoms with Crippen LogP contribution in [-0.4, -0.2) is 28.7 Å². The first-order valence-electron chi connectivity index (χ1n) is 6.20. The smallest absolute Gasteiger partial charge is 0.0772 e. The van der Waals surface area contributed by atoms with Gasteiger partial charge in [0.1, 0.15) is 0 Å². The van der Waals surface area contributed by atoms with Gasteiger partial charge in [0.2, 0.25) is 0 Å². The first-order valence-corrected chi connectivity index (χ1v) is 6.20. The Morgan fingerprint density at radius 2 is 2.06 bits per heavy atom. The largest absolute Gasteiger partial charge is 0.389 e. The number of hydrogen-bond acceptors (Lipinski definition) is 2. The predicted octanol–water partition coefficient (Wildman–Crippen LogP) is 2.42. The van der Waals surface area contributed by atoms with Gasteiger partial charge in [-0.1, -0.05) is 37.3 Å². The molecule has 2 rings (SSSR count). The Morgan fingerprint density at radius 3 is 2.75 bits per heavy atom. The van der Waals surface area contributed by atoms with Crippen molar-refractivity contribution in [2.75, 3.05) is 13.1 Å². The molecule has 0 aliphatic carbocycles. The minimum atomic E-state index is -0.451. The lowest BCUT2D eigenvalue weighted by Crippen LogP contribution is -2.47. The van der Waals surface area contributed by atoms with Crippen molar-refractivity contribution in [3.63, 3.8) is 0 Å². The van der Waals surface area contributed by atoms with Gasteiger partial charge in [-0.25, -0.2) is 0 Å². The van der Waals surface area contributed by atoms with Gasteiger partial charge in [-0.05, 0) is 31.4 Å². The highest BCUT2D eigenvalue weighted by Gasteiger charge is 2.31. The number of hydrogen-bond donors (Lipinski definition) is 1. The van der Waals surface area contributed by atoms with Crippen LogP contribution in [0.2, 0.25) is 0 Å². The number of piperidine rings is 1. The molecule has 0 unspecified atom stereocenters. The zero-order chi connectivity index (χ0) is 11.4. The lowest BCUT2D eigenvalue weighted by atomic mass is 9.90. The second-order valence-electron chi connectivity index (χ2n) is 4.88. The summed E-state index contributed by atoms with van der Waals surface area (Å²) in [5.41, 5.74) is 0.885. The van der Waals surface area contributed by atoms with E-state index in [4.69, 9.17) is 0 Å². The van der Waals surface area contributed by atoms with E-state index in [1.54, 1.807) is 0 Å². The van der Waals surface area contributed by atoms with Gasteiger partial charge in [0, 0.05) is 13.1 Å². The minimum Gasteiger partial charge on any atom is -0.389 e. The van der Waals surface area contributed by atoms with Crippen molar-refractivity contribution in [3.8, 4) is 0 Å². The van der Waals surface area contributed by atoms with Crippen LogP contribution in [0.15, 0.2) is 30.3 Å². The third-order valence-electron chi connectivity index (χ3n) is 3.54. The molecule has 0 amide bonds. The van der Waals surface area contributed by atoms with Crippen LogP contribution in [0, 0.1) is 0 Å². The summed E-state index contributed by atoms with van der Waals surface area (Å²) in [5.74, 6) is 0. The summed E-state index contributed by atoms with van der Waals surface area (Å²) < 4.78 is 0. The second-order valence-corrected chi connectivity index (χ2v) is 4.88. The summed E-state index contributed by atoms with van der Waals surface area (Å²) in [5, 5.41) is 10.3. The van der Waals surface area contributed by atoms with E-state index >= 15 is 0 Å². The SMILES string of the molecule is CC[C@@]1(O)CCCN(Cc2ccccc2)C1. The fraction of sp³-hybridized carbons (Fsp3) is 0.571. The highest BCUT2D eigenvalue weighted by Crippen LogP contribution is 2.25. The molecule has 1 aliphatic rings. The molecule has 1 fully saturated rings. The zero-order valence-corrected chi connectivity index (χ0v) is 10.0. The van der Waals surface area contributed by atoms with Gasteiger partial charge in [0.05, 0.1) is 5.60 Å². The van der Waals surface area contributed by atoms with Gasteiger partial charge in [-0.3, -0.25) is 4.90 Å². The normalized spacial score (nSPS) is 26.9. The molecule has 1 N–H and O–H groups in total. The summed E-state index contributed by atoms with van der Waals surface area (Å²) in [6.07, 6.45) is 2.92. The maximum Gasteiger partial charge on any atom is 0.0772 e. The maximum atomic E-state index is 10.3. The number of aliphatic hydroxyl groups is 1. The Bertz CT molecular complexity index is 325. The average Bonchev–Trinajstić information content (AvgIpc) is 2.30. The van der Waals surface area contributed by atoms with E-state index in [1.165, 1.54) is 5.56 Å². The van der Waals surface area contributed by atoms with Crippen LogP contribution in [0.3, 0.4) is 0 Å². The molecule has 1 atom stereocenters. The van der Waals surface area contributed by atoms with Crippen LogP contribution in [0.25, 0.3) is 0 Å². The molecule has 1 heterocycles. The van der Waals surface area contributed by atoms with Crippen LogP contribution >= 0.6 is 0 Å². The Labute approximate surface area is 97.9 Å². The zero-order valence-electron chi connectivity index (χ0n) is 10.0. The van der Waals surface area contributed by atoms with Crippen LogP contribution in [0.1, 0.15) is 31.7 Å². The molecule has 0 bridgehead atoms. The highest BCUT2D eigenvalue weighted by molar-refractivity contribution is 5.14. The maximum absolute atomic E-state index is 10.3. The van der Waals surface area contributed by atoms with E-state index in [-0.39, 0.29) is 0 Å². The van der Waals surface area contributed by atoms with Crippen molar-refractivity contribution in [2.24, 2.45) is 0 Å². The van der Waals surface area contributed by atoms with Crippen molar-refractivity contribution < 1.29 is 5.11 Å². The fourth-order valence-electron chi connectivity index (χ4n) is 2.47. The van der Waals surface area contributed by atoms with Gasteiger partial charge < -0.3 is 5.11 Å². The molecule has 1 aromatic carbocycles. The quantitative estimate of drug-likeness (QED) is 0.844. The first-order chi connectivity index (χ1) is 7.72. The summed E-state index contributed by atoms with van der Waals surface area (Å²) >= 11 is 0. The number of likely N-dealkylation sites (tertiary alicyclic amines) is 1. The molecule has 0 aromatic heterocycles. The van der Waals surface area contributed by atoms with E-state index in [1.807, 2.05) is 6.07 Å². The highest BCUT2D eigenvalue weighted by atomic mass is 16.3. The summed E-state index contributed by atoms with van der Waals surface area (Å²) in [4.78, 5) is 2.36. The summed E-state index contributed by atoms with van der Waals surface area (Å²) in [6, 6.07) is 10.5. The molecule has 0 spiro atoms. The topological polar surface area (TPSA) is 23.5 Å². The van der Waals surface area contributed by atoms with E-state index in [0.29, 0.717) is 0 Å². The lowest BCUT2D eigenvalue weighted by Gasteiger charge is -2.38. The number of nitrogens with zero attached hydrogens (tertiary/aromatic N) is 1. The predicted molar refractivity (Wildman–Crippen MR) is 66.2 cm³/mol. The third-order valence-corrected chi connectivity index (χ3v) is 3.54. The van der Waals surface area contributed by atoms with Gasteiger partial charge in [0.25, 0.3) is 0 Å². The molecule has 2 heteroatoms. The number of β-amino-alcohol motifs (C(OH)–C–C–N with tert-alkyl or cyclic N) is 1. The van der Waals surface area contributed by atoms with Crippen LogP contribution in [-0.2, 0) is 6.54 Å². The van der Waals surface area contributed by atoms with E-state index < -0.39 is 5.60 Å². The standard InChI is InChI=1S/C14H21NO/c1-2-14(16)9-6-10-15(12-14)11-13-7-4-3-5-8-13/h3-5,7-8,16H,2,6,9-12H2,1H3/t14-/m1/s1.